The van der Waals surface area contributed by atoms with Gasteiger partial charge in [-0.2, -0.15) is 0 Å². The lowest BCUT2D eigenvalue weighted by Crippen LogP contribution is -1.96. The number of rotatable bonds is 3. The van der Waals surface area contributed by atoms with Crippen molar-refractivity contribution in [2.24, 2.45) is 0 Å². The van der Waals surface area contributed by atoms with Gasteiger partial charge in [0, 0.05) is 16.3 Å². The fraction of sp³-hybridized carbons (Fsp3) is 0. The molecule has 0 fully saturated rings. The predicted octanol–water partition coefficient (Wildman–Crippen LogP) is 4.25. The highest BCUT2D eigenvalue weighted by atomic mass is 35.5. The van der Waals surface area contributed by atoms with E-state index >= 15 is 0 Å². The number of hydrogen-bond acceptors (Lipinski definition) is 4. The van der Waals surface area contributed by atoms with Gasteiger partial charge in [-0.25, -0.2) is 4.98 Å². The Hall–Kier alpha value is -2.59. The van der Waals surface area contributed by atoms with Gasteiger partial charge >= 0.3 is 0 Å². The first kappa shape index (κ1) is 13.4. The minimum Gasteiger partial charge on any atom is -0.508 e. The molecule has 104 valence electrons. The van der Waals surface area contributed by atoms with Gasteiger partial charge in [-0.15, -0.1) is 0 Å². The molecule has 21 heavy (non-hydrogen) atoms. The van der Waals surface area contributed by atoms with Crippen LogP contribution in [0.15, 0.2) is 60.9 Å². The summed E-state index contributed by atoms with van der Waals surface area (Å²) in [6.45, 7) is 0. The molecule has 0 saturated carbocycles. The minimum atomic E-state index is 0.222. The van der Waals surface area contributed by atoms with E-state index in [0.717, 1.165) is 16.9 Å². The highest BCUT2D eigenvalue weighted by Gasteiger charge is 2.03. The first-order valence-electron chi connectivity index (χ1n) is 6.35. The predicted molar refractivity (Wildman–Crippen MR) is 83.9 cm³/mol. The minimum absolute atomic E-state index is 0.222. The standard InChI is InChI=1S/C16H12ClN3O/c17-12-2-1-3-13(8-12)19-16-10-18-9-15(20-16)11-4-6-14(21)7-5-11/h1-10,21H,(H,19,20). The largest absolute Gasteiger partial charge is 0.508 e. The maximum Gasteiger partial charge on any atom is 0.149 e. The lowest BCUT2D eigenvalue weighted by Gasteiger charge is -2.07. The summed E-state index contributed by atoms with van der Waals surface area (Å²) in [7, 11) is 0. The van der Waals surface area contributed by atoms with Gasteiger partial charge in [0.2, 0.25) is 0 Å². The molecule has 0 aliphatic carbocycles. The zero-order valence-electron chi connectivity index (χ0n) is 11.0. The van der Waals surface area contributed by atoms with Gasteiger partial charge < -0.3 is 10.4 Å². The van der Waals surface area contributed by atoms with Crippen molar-refractivity contribution in [3.05, 3.63) is 65.9 Å². The van der Waals surface area contributed by atoms with E-state index in [9.17, 15) is 5.11 Å². The van der Waals surface area contributed by atoms with Crippen molar-refractivity contribution in [2.45, 2.75) is 0 Å². The fourth-order valence-electron chi connectivity index (χ4n) is 1.91. The number of hydrogen-bond donors (Lipinski definition) is 2. The van der Waals surface area contributed by atoms with Crippen molar-refractivity contribution in [3.8, 4) is 17.0 Å². The third-order valence-electron chi connectivity index (χ3n) is 2.89. The van der Waals surface area contributed by atoms with Crippen molar-refractivity contribution in [3.63, 3.8) is 0 Å². The van der Waals surface area contributed by atoms with Crippen molar-refractivity contribution in [2.75, 3.05) is 5.32 Å². The summed E-state index contributed by atoms with van der Waals surface area (Å²) in [4.78, 5) is 8.68. The topological polar surface area (TPSA) is 58.0 Å². The first-order valence-corrected chi connectivity index (χ1v) is 6.72. The van der Waals surface area contributed by atoms with Gasteiger partial charge in [-0.1, -0.05) is 17.7 Å². The summed E-state index contributed by atoms with van der Waals surface area (Å²) < 4.78 is 0. The van der Waals surface area contributed by atoms with Crippen LogP contribution in [0.5, 0.6) is 5.75 Å². The number of nitrogens with zero attached hydrogens (tertiary/aromatic N) is 2. The molecule has 4 nitrogen and oxygen atoms in total. The number of halogens is 1. The molecular formula is C16H12ClN3O. The van der Waals surface area contributed by atoms with E-state index in [1.165, 1.54) is 0 Å². The SMILES string of the molecule is Oc1ccc(-c2cncc(Nc3cccc(Cl)c3)n2)cc1. The molecule has 0 bridgehead atoms. The number of aromatic hydroxyl groups is 1. The molecule has 0 saturated heterocycles. The highest BCUT2D eigenvalue weighted by molar-refractivity contribution is 6.30. The molecule has 0 spiro atoms. The molecule has 0 aliphatic heterocycles. The maximum absolute atomic E-state index is 9.32. The normalized spacial score (nSPS) is 10.3. The van der Waals surface area contributed by atoms with Crippen LogP contribution in [0.4, 0.5) is 11.5 Å². The van der Waals surface area contributed by atoms with Gasteiger partial charge in [0.25, 0.3) is 0 Å². The van der Waals surface area contributed by atoms with Crippen LogP contribution in [0.1, 0.15) is 0 Å². The van der Waals surface area contributed by atoms with E-state index in [2.05, 4.69) is 15.3 Å². The molecule has 0 amide bonds. The molecule has 0 atom stereocenters. The average molecular weight is 298 g/mol. The van der Waals surface area contributed by atoms with Crippen molar-refractivity contribution >= 4 is 23.1 Å². The van der Waals surface area contributed by atoms with Crippen LogP contribution in [0.2, 0.25) is 5.02 Å². The number of benzene rings is 2. The average Bonchev–Trinajstić information content (AvgIpc) is 2.48. The molecule has 2 N–H and O–H groups in total. The van der Waals surface area contributed by atoms with Gasteiger partial charge in [-0.3, -0.25) is 4.98 Å². The molecule has 5 heteroatoms. The van der Waals surface area contributed by atoms with Crippen LogP contribution >= 0.6 is 11.6 Å². The number of anilines is 2. The van der Waals surface area contributed by atoms with Crippen LogP contribution in [-0.2, 0) is 0 Å². The van der Waals surface area contributed by atoms with Crippen molar-refractivity contribution < 1.29 is 5.11 Å². The van der Waals surface area contributed by atoms with E-state index in [0.29, 0.717) is 10.8 Å². The van der Waals surface area contributed by atoms with Crippen LogP contribution in [-0.4, -0.2) is 15.1 Å². The second-order valence-electron chi connectivity index (χ2n) is 4.47. The Bertz CT molecular complexity index is 759. The quantitative estimate of drug-likeness (QED) is 0.759. The Kier molecular flexibility index (Phi) is 3.71. The number of aromatic nitrogens is 2. The Morgan fingerprint density at radius 3 is 2.57 bits per heavy atom. The van der Waals surface area contributed by atoms with Crippen LogP contribution < -0.4 is 5.32 Å². The summed E-state index contributed by atoms with van der Waals surface area (Å²) in [6, 6.07) is 14.2. The van der Waals surface area contributed by atoms with E-state index < -0.39 is 0 Å². The third-order valence-corrected chi connectivity index (χ3v) is 3.13. The van der Waals surface area contributed by atoms with Crippen LogP contribution in [0.25, 0.3) is 11.3 Å². The summed E-state index contributed by atoms with van der Waals surface area (Å²) in [5, 5.41) is 13.1. The van der Waals surface area contributed by atoms with E-state index in [1.54, 1.807) is 36.7 Å². The number of phenols is 1. The first-order chi connectivity index (χ1) is 10.2. The van der Waals surface area contributed by atoms with E-state index in [-0.39, 0.29) is 5.75 Å². The lowest BCUT2D eigenvalue weighted by molar-refractivity contribution is 0.475. The molecule has 2 aromatic carbocycles. The Labute approximate surface area is 127 Å². The summed E-state index contributed by atoms with van der Waals surface area (Å²) in [5.41, 5.74) is 2.46. The Morgan fingerprint density at radius 2 is 1.81 bits per heavy atom. The van der Waals surface area contributed by atoms with Gasteiger partial charge in [0.05, 0.1) is 18.1 Å². The number of nitrogens with one attached hydrogen (secondary N) is 1. The van der Waals surface area contributed by atoms with Gasteiger partial charge in [0.1, 0.15) is 11.6 Å². The Balaban J connectivity index is 1.88. The van der Waals surface area contributed by atoms with Crippen LogP contribution in [0.3, 0.4) is 0 Å². The van der Waals surface area contributed by atoms with Crippen molar-refractivity contribution in [1.29, 1.82) is 0 Å². The van der Waals surface area contributed by atoms with Gasteiger partial charge in [0.15, 0.2) is 0 Å². The lowest BCUT2D eigenvalue weighted by atomic mass is 10.1. The molecule has 1 heterocycles. The summed E-state index contributed by atoms with van der Waals surface area (Å²) in [6.07, 6.45) is 3.32. The summed E-state index contributed by atoms with van der Waals surface area (Å²) in [5.74, 6) is 0.850. The fourth-order valence-corrected chi connectivity index (χ4v) is 2.10. The second-order valence-corrected chi connectivity index (χ2v) is 4.91. The number of phenolic OH excluding ortho intramolecular Hbond substituents is 1. The molecule has 1 aromatic heterocycles. The maximum atomic E-state index is 9.32. The zero-order valence-corrected chi connectivity index (χ0v) is 11.7. The van der Waals surface area contributed by atoms with E-state index in [4.69, 9.17) is 11.6 Å². The zero-order chi connectivity index (χ0) is 14.7. The highest BCUT2D eigenvalue weighted by Crippen LogP contribution is 2.22. The van der Waals surface area contributed by atoms with E-state index in [1.807, 2.05) is 24.3 Å². The molecule has 0 aliphatic rings. The third kappa shape index (κ3) is 3.30. The molecular weight excluding hydrogens is 286 g/mol. The van der Waals surface area contributed by atoms with Crippen LogP contribution in [0, 0.1) is 0 Å². The molecule has 0 radical (unpaired) electrons. The molecule has 0 unspecified atom stereocenters. The molecule has 3 aromatic rings. The monoisotopic (exact) mass is 297 g/mol. The smallest absolute Gasteiger partial charge is 0.149 e. The van der Waals surface area contributed by atoms with Gasteiger partial charge in [-0.05, 0) is 42.5 Å². The summed E-state index contributed by atoms with van der Waals surface area (Å²) >= 11 is 5.95. The Morgan fingerprint density at radius 1 is 1.00 bits per heavy atom. The second kappa shape index (κ2) is 5.81. The van der Waals surface area contributed by atoms with Crippen molar-refractivity contribution in [1.82, 2.24) is 9.97 Å². The molecule has 3 rings (SSSR count).